The molecule has 0 aliphatic carbocycles. The monoisotopic (exact) mass is 453 g/mol. The highest BCUT2D eigenvalue weighted by atomic mass is 32.1. The van der Waals surface area contributed by atoms with Crippen molar-refractivity contribution in [3.8, 4) is 0 Å². The molecule has 32 heavy (non-hydrogen) atoms. The van der Waals surface area contributed by atoms with Crippen molar-refractivity contribution in [3.05, 3.63) is 71.3 Å². The number of benzene rings is 2. The van der Waals surface area contributed by atoms with Crippen molar-refractivity contribution < 1.29 is 19.1 Å². The van der Waals surface area contributed by atoms with Crippen LogP contribution in [0.2, 0.25) is 0 Å². The Morgan fingerprint density at radius 2 is 1.56 bits per heavy atom. The van der Waals surface area contributed by atoms with Crippen molar-refractivity contribution in [2.45, 2.75) is 0 Å². The molecule has 0 amide bonds. The zero-order valence-electron chi connectivity index (χ0n) is 18.2. The Kier molecular flexibility index (Phi) is 8.35. The predicted molar refractivity (Wildman–Crippen MR) is 129 cm³/mol. The van der Waals surface area contributed by atoms with E-state index < -0.39 is 11.9 Å². The van der Waals surface area contributed by atoms with Crippen LogP contribution in [0.4, 0.5) is 5.69 Å². The molecule has 0 bridgehead atoms. The second-order valence-electron chi connectivity index (χ2n) is 7.31. The fourth-order valence-electron chi connectivity index (χ4n) is 3.41. The van der Waals surface area contributed by atoms with E-state index in [0.29, 0.717) is 10.8 Å². The third-order valence-corrected chi connectivity index (χ3v) is 5.52. The van der Waals surface area contributed by atoms with Crippen LogP contribution in [0.15, 0.2) is 54.6 Å². The van der Waals surface area contributed by atoms with Crippen LogP contribution in [0.5, 0.6) is 0 Å². The lowest BCUT2D eigenvalue weighted by Gasteiger charge is -2.35. The number of piperazine rings is 1. The van der Waals surface area contributed by atoms with Crippen molar-refractivity contribution in [1.82, 2.24) is 9.80 Å². The molecule has 0 atom stereocenters. The molecule has 1 fully saturated rings. The minimum absolute atomic E-state index is 0.246. The van der Waals surface area contributed by atoms with E-state index in [-0.39, 0.29) is 11.1 Å². The largest absolute Gasteiger partial charge is 0.465 e. The molecular formula is C24H27N3O4S. The Morgan fingerprint density at radius 3 is 2.12 bits per heavy atom. The van der Waals surface area contributed by atoms with E-state index in [4.69, 9.17) is 21.7 Å². The first-order chi connectivity index (χ1) is 15.5. The van der Waals surface area contributed by atoms with Crippen molar-refractivity contribution >= 4 is 41.0 Å². The van der Waals surface area contributed by atoms with Crippen LogP contribution >= 0.6 is 12.2 Å². The number of hydrogen-bond acceptors (Lipinski definition) is 6. The maximum Gasteiger partial charge on any atom is 0.337 e. The number of nitrogens with zero attached hydrogens (tertiary/aromatic N) is 2. The molecule has 1 saturated heterocycles. The normalized spacial score (nSPS) is 14.2. The van der Waals surface area contributed by atoms with Crippen molar-refractivity contribution in [2.75, 3.05) is 52.3 Å². The first-order valence-corrected chi connectivity index (χ1v) is 10.7. The van der Waals surface area contributed by atoms with Gasteiger partial charge in [0.05, 0.1) is 25.3 Å². The van der Waals surface area contributed by atoms with E-state index >= 15 is 0 Å². The lowest BCUT2D eigenvalue weighted by molar-refractivity contribution is 0.0599. The van der Waals surface area contributed by atoms with Gasteiger partial charge >= 0.3 is 11.9 Å². The zero-order valence-corrected chi connectivity index (χ0v) is 19.1. The van der Waals surface area contributed by atoms with E-state index in [1.807, 2.05) is 18.2 Å². The first kappa shape index (κ1) is 23.4. The summed E-state index contributed by atoms with van der Waals surface area (Å²) in [5, 5.41) is 3.68. The standard InChI is InChI=1S/C24H27N3O4S/c1-30-22(28)19-15-20(23(29)31-2)17-21(16-19)25-24(32)27-13-11-26(12-14-27)10-6-9-18-7-4-3-5-8-18/h3-9,15-17H,10-14H2,1-2H3,(H,25,32). The van der Waals surface area contributed by atoms with Crippen LogP contribution in [0.3, 0.4) is 0 Å². The van der Waals surface area contributed by atoms with Gasteiger partial charge in [0, 0.05) is 38.4 Å². The number of carbonyl (C=O) groups is 2. The summed E-state index contributed by atoms with van der Waals surface area (Å²) < 4.78 is 9.56. The number of carbonyl (C=O) groups excluding carboxylic acids is 2. The maximum absolute atomic E-state index is 12.0. The van der Waals surface area contributed by atoms with E-state index in [9.17, 15) is 9.59 Å². The number of nitrogens with one attached hydrogen (secondary N) is 1. The van der Waals surface area contributed by atoms with Gasteiger partial charge in [0.15, 0.2) is 5.11 Å². The van der Waals surface area contributed by atoms with Gasteiger partial charge in [0.1, 0.15) is 0 Å². The second kappa shape index (κ2) is 11.4. The fraction of sp³-hybridized carbons (Fsp3) is 0.292. The quantitative estimate of drug-likeness (QED) is 0.528. The maximum atomic E-state index is 12.0. The molecule has 7 nitrogen and oxygen atoms in total. The zero-order chi connectivity index (χ0) is 22.9. The van der Waals surface area contributed by atoms with Gasteiger partial charge in [-0.25, -0.2) is 9.59 Å². The first-order valence-electron chi connectivity index (χ1n) is 10.3. The molecule has 1 N–H and O–H groups in total. The second-order valence-corrected chi connectivity index (χ2v) is 7.70. The van der Waals surface area contributed by atoms with Crippen LogP contribution in [0.25, 0.3) is 6.08 Å². The number of hydrogen-bond donors (Lipinski definition) is 1. The van der Waals surface area contributed by atoms with E-state index in [1.54, 1.807) is 12.1 Å². The summed E-state index contributed by atoms with van der Waals surface area (Å²) in [6.45, 7) is 4.22. The third-order valence-electron chi connectivity index (χ3n) is 5.16. The molecule has 0 saturated carbocycles. The number of esters is 2. The SMILES string of the molecule is COC(=O)c1cc(NC(=S)N2CCN(CC=Cc3ccccc3)CC2)cc(C(=O)OC)c1. The lowest BCUT2D eigenvalue weighted by Crippen LogP contribution is -2.49. The summed E-state index contributed by atoms with van der Waals surface area (Å²) in [4.78, 5) is 28.4. The molecule has 2 aromatic rings. The van der Waals surface area contributed by atoms with E-state index in [1.165, 1.54) is 25.8 Å². The third kappa shape index (κ3) is 6.38. The molecule has 8 heteroatoms. The molecule has 1 aliphatic rings. The van der Waals surface area contributed by atoms with Gasteiger partial charge in [-0.3, -0.25) is 4.90 Å². The molecule has 0 aromatic heterocycles. The molecular weight excluding hydrogens is 426 g/mol. The van der Waals surface area contributed by atoms with Crippen LogP contribution < -0.4 is 5.32 Å². The van der Waals surface area contributed by atoms with E-state index in [0.717, 1.165) is 32.7 Å². The minimum Gasteiger partial charge on any atom is -0.465 e. The minimum atomic E-state index is -0.540. The van der Waals surface area contributed by atoms with Gasteiger partial charge in [-0.1, -0.05) is 42.5 Å². The van der Waals surface area contributed by atoms with Crippen LogP contribution in [-0.4, -0.2) is 73.8 Å². The summed E-state index contributed by atoms with van der Waals surface area (Å²) in [6.07, 6.45) is 4.31. The molecule has 0 unspecified atom stereocenters. The number of thiocarbonyl (C=S) groups is 1. The molecule has 0 radical (unpaired) electrons. The highest BCUT2D eigenvalue weighted by molar-refractivity contribution is 7.80. The molecule has 3 rings (SSSR count). The number of methoxy groups -OCH3 is 2. The summed E-state index contributed by atoms with van der Waals surface area (Å²) in [6, 6.07) is 14.9. The molecule has 0 spiro atoms. The van der Waals surface area contributed by atoms with E-state index in [2.05, 4.69) is 39.4 Å². The Labute approximate surface area is 193 Å². The topological polar surface area (TPSA) is 71.1 Å². The fourth-order valence-corrected chi connectivity index (χ4v) is 3.71. The Morgan fingerprint density at radius 1 is 0.969 bits per heavy atom. The number of anilines is 1. The van der Waals surface area contributed by atoms with Crippen molar-refractivity contribution in [2.24, 2.45) is 0 Å². The van der Waals surface area contributed by atoms with Crippen LogP contribution in [0.1, 0.15) is 26.3 Å². The molecule has 1 aliphatic heterocycles. The predicted octanol–water partition coefficient (Wildman–Crippen LogP) is 3.29. The Balaban J connectivity index is 1.57. The van der Waals surface area contributed by atoms with Crippen molar-refractivity contribution in [1.29, 1.82) is 0 Å². The van der Waals surface area contributed by atoms with Gasteiger partial charge in [0.2, 0.25) is 0 Å². The number of ether oxygens (including phenoxy) is 2. The van der Waals surface area contributed by atoms with Gasteiger partial charge < -0.3 is 19.7 Å². The van der Waals surface area contributed by atoms with Crippen molar-refractivity contribution in [3.63, 3.8) is 0 Å². The Bertz CT molecular complexity index is 952. The Hall–Kier alpha value is -3.23. The van der Waals surface area contributed by atoms with Crippen LogP contribution in [0, 0.1) is 0 Å². The van der Waals surface area contributed by atoms with Gasteiger partial charge in [-0.2, -0.15) is 0 Å². The van der Waals surface area contributed by atoms with Gasteiger partial charge in [-0.05, 0) is 36.0 Å². The average molecular weight is 454 g/mol. The summed E-state index contributed by atoms with van der Waals surface area (Å²) in [5.41, 5.74) is 2.22. The molecule has 1 heterocycles. The average Bonchev–Trinajstić information content (AvgIpc) is 2.83. The summed E-state index contributed by atoms with van der Waals surface area (Å²) in [5.74, 6) is -1.08. The molecule has 2 aromatic carbocycles. The van der Waals surface area contributed by atoms with Crippen LogP contribution in [-0.2, 0) is 9.47 Å². The lowest BCUT2D eigenvalue weighted by atomic mass is 10.1. The summed E-state index contributed by atoms with van der Waals surface area (Å²) in [7, 11) is 2.58. The molecule has 168 valence electrons. The smallest absolute Gasteiger partial charge is 0.337 e. The summed E-state index contributed by atoms with van der Waals surface area (Å²) >= 11 is 5.57. The highest BCUT2D eigenvalue weighted by Crippen LogP contribution is 2.18. The number of rotatable bonds is 6. The highest BCUT2D eigenvalue weighted by Gasteiger charge is 2.19. The van der Waals surface area contributed by atoms with Gasteiger partial charge in [-0.15, -0.1) is 0 Å². The van der Waals surface area contributed by atoms with Gasteiger partial charge in [0.25, 0.3) is 0 Å².